The first kappa shape index (κ1) is 38.9. The van der Waals surface area contributed by atoms with Gasteiger partial charge in [-0.1, -0.05) is 108 Å². The molecule has 4 nitrogen and oxygen atoms in total. The monoisotopic (exact) mass is 994 g/mol. The summed E-state index contributed by atoms with van der Waals surface area (Å²) in [6.45, 7) is 0. The fourth-order valence-corrected chi connectivity index (χ4v) is 9.45. The fraction of sp³-hybridized carbons (Fsp3) is 0.0588. The Morgan fingerprint density at radius 3 is 2.10 bits per heavy atom. The van der Waals surface area contributed by atoms with E-state index in [1.807, 2.05) is 114 Å². The summed E-state index contributed by atoms with van der Waals surface area (Å²) in [4.78, 5) is 9.54. The maximum absolute atomic E-state index is 15.8. The van der Waals surface area contributed by atoms with Gasteiger partial charge in [0.2, 0.25) is 0 Å². The third-order valence-electron chi connectivity index (χ3n) is 10.2. The summed E-state index contributed by atoms with van der Waals surface area (Å²) in [6, 6.07) is 62.5. The molecule has 0 N–H and O–H groups in total. The van der Waals surface area contributed by atoms with E-state index in [9.17, 15) is 0 Å². The van der Waals surface area contributed by atoms with Crippen molar-refractivity contribution in [2.75, 3.05) is 0 Å². The minimum absolute atomic E-state index is 0. The molecule has 10 rings (SSSR count). The number of nitrogens with zero attached hydrogens (tertiary/aromatic N) is 3. The number of aromatic nitrogens is 3. The number of pyridine rings is 1. The summed E-state index contributed by atoms with van der Waals surface area (Å²) in [7, 11) is 0. The first-order valence-electron chi connectivity index (χ1n) is 19.0. The van der Waals surface area contributed by atoms with E-state index in [0.717, 1.165) is 55.6 Å². The molecule has 58 heavy (non-hydrogen) atoms. The van der Waals surface area contributed by atoms with Crippen LogP contribution in [0.15, 0.2) is 180 Å². The predicted molar refractivity (Wildman–Crippen MR) is 235 cm³/mol. The topological polar surface area (TPSA) is 43.9 Å². The van der Waals surface area contributed by atoms with Crippen LogP contribution < -0.4 is 4.40 Å². The average molecular weight is 993 g/mol. The molecule has 285 valence electrons. The van der Waals surface area contributed by atoms with Crippen LogP contribution in [0.5, 0.6) is 0 Å². The maximum atomic E-state index is 15.8. The number of para-hydroxylation sites is 2. The molecule has 0 fully saturated rings. The Kier molecular flexibility index (Phi) is 11.1. The van der Waals surface area contributed by atoms with E-state index in [1.165, 1.54) is 10.5 Å². The standard InChI is InChI=1S/C37H22FN2O.C14H16GeN.Ir/c38-31-18-10-19-32-35(31)40(37(39-32)30-17-9-16-29-28-15-7-8-20-34(28)41-36(29)30)33-23-26(24-11-3-1-4-12-24)21-22-27(33)25-13-5-2-6-14-25;1-15(2,3)13-9-10-14(16-11-13)12-7-5-4-6-8-12;/h1-16,18-23H;4-7,9-11H,1-3H3;/q2*-1;. The number of fused-ring (bicyclic) bond motifs is 4. The third kappa shape index (κ3) is 7.59. The number of halogens is 1. The number of rotatable bonds is 6. The fourth-order valence-electron chi connectivity index (χ4n) is 7.28. The molecule has 3 aromatic heterocycles. The van der Waals surface area contributed by atoms with Crippen LogP contribution in [0.1, 0.15) is 0 Å². The predicted octanol–water partition coefficient (Wildman–Crippen LogP) is 13.0. The van der Waals surface area contributed by atoms with E-state index in [0.29, 0.717) is 28.0 Å². The summed E-state index contributed by atoms with van der Waals surface area (Å²) in [5.74, 6) is 7.36. The van der Waals surface area contributed by atoms with Gasteiger partial charge >= 0.3 is 99.8 Å². The Morgan fingerprint density at radius 2 is 1.38 bits per heavy atom. The second-order valence-corrected chi connectivity index (χ2v) is 25.6. The molecule has 0 unspecified atom stereocenters. The van der Waals surface area contributed by atoms with E-state index >= 15 is 4.39 Å². The molecule has 0 aliphatic carbocycles. The largest absolute Gasteiger partial charge is 0 e. The summed E-state index contributed by atoms with van der Waals surface area (Å²) < 4.78 is 25.6. The van der Waals surface area contributed by atoms with Crippen molar-refractivity contribution >= 4 is 50.6 Å². The van der Waals surface area contributed by atoms with E-state index < -0.39 is 13.3 Å². The minimum Gasteiger partial charge on any atom is 0 e. The maximum Gasteiger partial charge on any atom is 0 e. The molecule has 10 aromatic rings. The van der Waals surface area contributed by atoms with Crippen LogP contribution in [0.25, 0.3) is 83.6 Å². The van der Waals surface area contributed by atoms with Crippen LogP contribution in [-0.2, 0) is 20.1 Å². The Bertz CT molecular complexity index is 2990. The number of hydrogen-bond donors (Lipinski definition) is 0. The van der Waals surface area contributed by atoms with Gasteiger partial charge in [-0.25, -0.2) is 4.39 Å². The molecule has 1 radical (unpaired) electrons. The van der Waals surface area contributed by atoms with Gasteiger partial charge < -0.3 is 8.98 Å². The summed E-state index contributed by atoms with van der Waals surface area (Å²) in [6.07, 6.45) is 2.04. The zero-order valence-electron chi connectivity index (χ0n) is 32.2. The summed E-state index contributed by atoms with van der Waals surface area (Å²) in [5.41, 5.74) is 10.1. The Balaban J connectivity index is 0.000000233. The van der Waals surface area contributed by atoms with Crippen LogP contribution in [0.4, 0.5) is 4.39 Å². The Hall–Kier alpha value is -5.92. The molecule has 0 atom stereocenters. The Labute approximate surface area is 353 Å². The first-order chi connectivity index (χ1) is 27.8. The molecular weight excluding hydrogens is 954 g/mol. The number of imidazole rings is 1. The number of benzene rings is 7. The molecule has 0 amide bonds. The van der Waals surface area contributed by atoms with Gasteiger partial charge in [0.25, 0.3) is 0 Å². The molecular formula is C51H38FGeIrN3O-2. The second kappa shape index (κ2) is 16.5. The molecule has 0 saturated carbocycles. The van der Waals surface area contributed by atoms with Crippen molar-refractivity contribution in [2.24, 2.45) is 0 Å². The van der Waals surface area contributed by atoms with Gasteiger partial charge in [-0.3, -0.25) is 4.98 Å². The van der Waals surface area contributed by atoms with Crippen molar-refractivity contribution in [1.82, 2.24) is 14.5 Å². The molecule has 7 aromatic carbocycles. The number of furan rings is 1. The molecule has 3 heterocycles. The first-order valence-corrected chi connectivity index (χ1v) is 26.4. The Morgan fingerprint density at radius 1 is 0.638 bits per heavy atom. The van der Waals surface area contributed by atoms with Gasteiger partial charge in [-0.2, -0.15) is 0 Å². The second-order valence-electron chi connectivity index (χ2n) is 15.0. The van der Waals surface area contributed by atoms with Crippen LogP contribution in [0.3, 0.4) is 0 Å². The minimum atomic E-state index is -1.72. The van der Waals surface area contributed by atoms with Crippen molar-refractivity contribution in [3.05, 3.63) is 194 Å². The molecule has 0 aliphatic heterocycles. The molecule has 0 aliphatic rings. The summed E-state index contributed by atoms with van der Waals surface area (Å²) in [5, 5.41) is 1.98. The van der Waals surface area contributed by atoms with Crippen LogP contribution in [0, 0.1) is 17.9 Å². The van der Waals surface area contributed by atoms with E-state index in [4.69, 9.17) is 9.40 Å². The molecule has 0 bridgehead atoms. The van der Waals surface area contributed by atoms with Crippen molar-refractivity contribution in [1.29, 1.82) is 0 Å². The molecule has 7 heteroatoms. The van der Waals surface area contributed by atoms with Crippen molar-refractivity contribution in [3.63, 3.8) is 0 Å². The van der Waals surface area contributed by atoms with Gasteiger partial charge in [-0.15, -0.1) is 18.2 Å². The summed E-state index contributed by atoms with van der Waals surface area (Å²) >= 11 is -1.72. The van der Waals surface area contributed by atoms with E-state index in [-0.39, 0.29) is 25.9 Å². The smallest absolute Gasteiger partial charge is 0 e. The van der Waals surface area contributed by atoms with Gasteiger partial charge in [0.15, 0.2) is 0 Å². The zero-order valence-corrected chi connectivity index (χ0v) is 36.7. The van der Waals surface area contributed by atoms with Gasteiger partial charge in [-0.05, 0) is 41.0 Å². The van der Waals surface area contributed by atoms with Gasteiger partial charge in [0.1, 0.15) is 11.4 Å². The van der Waals surface area contributed by atoms with Crippen molar-refractivity contribution in [2.45, 2.75) is 17.3 Å². The number of hydrogen-bond acceptors (Lipinski definition) is 3. The van der Waals surface area contributed by atoms with Crippen LogP contribution in [-0.4, -0.2) is 27.8 Å². The van der Waals surface area contributed by atoms with Crippen LogP contribution in [0.2, 0.25) is 17.3 Å². The zero-order chi connectivity index (χ0) is 38.9. The molecule has 0 saturated heterocycles. The van der Waals surface area contributed by atoms with Crippen molar-refractivity contribution < 1.29 is 28.9 Å². The van der Waals surface area contributed by atoms with Crippen molar-refractivity contribution in [3.8, 4) is 50.6 Å². The average Bonchev–Trinajstić information content (AvgIpc) is 3.84. The van der Waals surface area contributed by atoms with Gasteiger partial charge in [0, 0.05) is 36.7 Å². The molecule has 0 spiro atoms. The van der Waals surface area contributed by atoms with E-state index in [1.54, 1.807) is 6.07 Å². The normalized spacial score (nSPS) is 11.3. The third-order valence-corrected chi connectivity index (χ3v) is 14.5. The van der Waals surface area contributed by atoms with E-state index in [2.05, 4.69) is 89.0 Å². The van der Waals surface area contributed by atoms with Crippen LogP contribution >= 0.6 is 0 Å². The van der Waals surface area contributed by atoms with Gasteiger partial charge in [0.05, 0.1) is 22.4 Å². The SMILES string of the molecule is Fc1cccc2nc(-c3[c-]ccc4c3oc3ccccc34)n(-c3cc(-c4ccccc4)ccc3-c3ccccc3)c12.[CH3][Ge]([CH3])([CH3])[c]1ccc(-c2[c-]cccc2)nc1.[Ir]. The quantitative estimate of drug-likeness (QED) is 0.123.